The highest BCUT2D eigenvalue weighted by atomic mass is 16.5. The average Bonchev–Trinajstić information content (AvgIpc) is 3.84. The number of benzene rings is 1. The van der Waals surface area contributed by atoms with E-state index in [0.717, 1.165) is 75.0 Å². The van der Waals surface area contributed by atoms with E-state index >= 15 is 4.79 Å². The van der Waals surface area contributed by atoms with Crippen LogP contribution in [0.3, 0.4) is 0 Å². The Morgan fingerprint density at radius 2 is 1.60 bits per heavy atom. The number of rotatable bonds is 5. The Kier molecular flexibility index (Phi) is 8.55. The molecule has 6 fully saturated rings. The number of imidazole rings is 1. The first-order valence-electron chi connectivity index (χ1n) is 20.8. The van der Waals surface area contributed by atoms with Gasteiger partial charge < -0.3 is 14.2 Å². The highest BCUT2D eigenvalue weighted by molar-refractivity contribution is 5.84. The van der Waals surface area contributed by atoms with E-state index < -0.39 is 0 Å². The number of aryl methyl sites for hydroxylation is 1. The molecule has 6 heteroatoms. The lowest BCUT2D eigenvalue weighted by atomic mass is 9.32. The number of esters is 1. The van der Waals surface area contributed by atoms with E-state index in [-0.39, 0.29) is 45.2 Å². The molecule has 52 heavy (non-hydrogen) atoms. The molecule has 282 valence electrons. The van der Waals surface area contributed by atoms with Crippen LogP contribution in [-0.4, -0.2) is 39.0 Å². The minimum Gasteiger partial charge on any atom is -0.462 e. The smallest absolute Gasteiger partial charge is 0.302 e. The zero-order chi connectivity index (χ0) is 37.0. The molecule has 5 aliphatic carbocycles. The monoisotopic (exact) mass is 708 g/mol. The highest BCUT2D eigenvalue weighted by Crippen LogP contribution is 2.78. The van der Waals surface area contributed by atoms with Gasteiger partial charge in [0.15, 0.2) is 0 Å². The van der Waals surface area contributed by atoms with Crippen LogP contribution in [0.2, 0.25) is 0 Å². The summed E-state index contributed by atoms with van der Waals surface area (Å²) in [5.41, 5.74) is 3.63. The third-order valence-electron chi connectivity index (χ3n) is 17.5. The standard InChI is InChI=1S/C46H65N3O3/c1-29(2)32-19-24-46(41(51)49-27-13-16-35(49)40-47-34(28-48(40)9)31-14-11-10-12-15-31)26-25-44(7)33(39(32)46)17-18-37-43(6)22-21-38(52-30(3)50)42(4,5)36(43)20-23-45(37,44)8/h10-12,14-15,28,32-33,35-39H,1,13,16-27H2,2-9H3/t32-,33+,35-,36-,37+,38-,39+,43-,44+,45+,46-/m0/s1. The van der Waals surface area contributed by atoms with Crippen LogP contribution in [0.15, 0.2) is 48.7 Å². The Bertz CT molecular complexity index is 1750. The summed E-state index contributed by atoms with van der Waals surface area (Å²) < 4.78 is 8.18. The first-order chi connectivity index (χ1) is 24.6. The Morgan fingerprint density at radius 3 is 2.31 bits per heavy atom. The number of ether oxygens (including phenoxy) is 1. The van der Waals surface area contributed by atoms with Gasteiger partial charge >= 0.3 is 5.97 Å². The SMILES string of the molecule is C=C(C)[C@@H]1CC[C@]2(C(=O)N3CCC[C@H]3c3nc(-c4ccccc4)cn3C)CC[C@]3(C)[C@H](CC[C@@H]4[C@@]5(C)CC[C@H](OC(C)=O)C(C)(C)[C@@H]5CC[C@]43C)[C@@H]12. The molecule has 0 spiro atoms. The summed E-state index contributed by atoms with van der Waals surface area (Å²) in [5, 5.41) is 0. The van der Waals surface area contributed by atoms with Crippen molar-refractivity contribution in [3.63, 3.8) is 0 Å². The van der Waals surface area contributed by atoms with Crippen LogP contribution in [0.5, 0.6) is 0 Å². The molecule has 0 radical (unpaired) electrons. The predicted octanol–water partition coefficient (Wildman–Crippen LogP) is 10.3. The van der Waals surface area contributed by atoms with Crippen LogP contribution in [0.1, 0.15) is 137 Å². The van der Waals surface area contributed by atoms with Gasteiger partial charge in [-0.1, -0.05) is 77.1 Å². The Hall–Kier alpha value is -2.89. The first kappa shape index (κ1) is 36.1. The van der Waals surface area contributed by atoms with E-state index in [1.807, 2.05) is 6.07 Å². The summed E-state index contributed by atoms with van der Waals surface area (Å²) in [6, 6.07) is 10.5. The highest BCUT2D eigenvalue weighted by Gasteiger charge is 2.72. The number of nitrogens with zero attached hydrogens (tertiary/aromatic N) is 3. The van der Waals surface area contributed by atoms with Crippen molar-refractivity contribution < 1.29 is 14.3 Å². The number of likely N-dealkylation sites (tertiary alicyclic amines) is 1. The molecule has 1 saturated heterocycles. The number of fused-ring (bicyclic) bond motifs is 7. The number of carbonyl (C=O) groups is 2. The van der Waals surface area contributed by atoms with Crippen LogP contribution in [-0.2, 0) is 21.4 Å². The maximum Gasteiger partial charge on any atom is 0.302 e. The van der Waals surface area contributed by atoms with E-state index in [4.69, 9.17) is 9.72 Å². The molecule has 5 saturated carbocycles. The van der Waals surface area contributed by atoms with Crippen LogP contribution in [0.25, 0.3) is 11.3 Å². The largest absolute Gasteiger partial charge is 0.462 e. The van der Waals surface area contributed by atoms with Crippen molar-refractivity contribution in [1.29, 1.82) is 0 Å². The Balaban J connectivity index is 1.11. The molecule has 11 atom stereocenters. The number of allylic oxidation sites excluding steroid dienone is 1. The zero-order valence-electron chi connectivity index (χ0n) is 33.5. The molecule has 2 heterocycles. The van der Waals surface area contributed by atoms with E-state index in [2.05, 4.69) is 95.1 Å². The van der Waals surface area contributed by atoms with Crippen molar-refractivity contribution in [1.82, 2.24) is 14.5 Å². The second kappa shape index (κ2) is 12.3. The van der Waals surface area contributed by atoms with Gasteiger partial charge in [0, 0.05) is 37.7 Å². The molecule has 1 aliphatic heterocycles. The normalized spacial score (nSPS) is 42.1. The van der Waals surface area contributed by atoms with Gasteiger partial charge in [0.25, 0.3) is 0 Å². The van der Waals surface area contributed by atoms with Gasteiger partial charge in [0.05, 0.1) is 17.2 Å². The molecule has 0 bridgehead atoms. The van der Waals surface area contributed by atoms with Gasteiger partial charge in [0.1, 0.15) is 11.9 Å². The third-order valence-corrected chi connectivity index (χ3v) is 17.5. The van der Waals surface area contributed by atoms with Gasteiger partial charge in [-0.05, 0) is 130 Å². The molecule has 1 aromatic carbocycles. The summed E-state index contributed by atoms with van der Waals surface area (Å²) in [5.74, 6) is 3.74. The quantitative estimate of drug-likeness (QED) is 0.229. The van der Waals surface area contributed by atoms with Crippen molar-refractivity contribution in [3.8, 4) is 11.3 Å². The van der Waals surface area contributed by atoms with E-state index in [9.17, 15) is 4.79 Å². The van der Waals surface area contributed by atoms with Gasteiger partial charge in [-0.3, -0.25) is 9.59 Å². The molecule has 0 N–H and O–H groups in total. The van der Waals surface area contributed by atoms with Crippen LogP contribution >= 0.6 is 0 Å². The van der Waals surface area contributed by atoms with Crippen molar-refractivity contribution in [2.24, 2.45) is 63.7 Å². The second-order valence-corrected chi connectivity index (χ2v) is 19.9. The fourth-order valence-corrected chi connectivity index (χ4v) is 15.0. The molecule has 1 aromatic heterocycles. The van der Waals surface area contributed by atoms with E-state index in [1.54, 1.807) is 6.92 Å². The maximum absolute atomic E-state index is 15.5. The fraction of sp³-hybridized carbons (Fsp3) is 0.717. The minimum atomic E-state index is -0.321. The number of amides is 1. The summed E-state index contributed by atoms with van der Waals surface area (Å²) in [7, 11) is 2.11. The summed E-state index contributed by atoms with van der Waals surface area (Å²) >= 11 is 0. The van der Waals surface area contributed by atoms with Gasteiger partial charge in [-0.15, -0.1) is 0 Å². The Morgan fingerprint density at radius 1 is 0.846 bits per heavy atom. The van der Waals surface area contributed by atoms with Crippen molar-refractivity contribution in [2.45, 2.75) is 138 Å². The lowest BCUT2D eigenvalue weighted by molar-refractivity contribution is -0.249. The number of carbonyl (C=O) groups excluding carboxylic acids is 2. The van der Waals surface area contributed by atoms with Crippen LogP contribution < -0.4 is 0 Å². The van der Waals surface area contributed by atoms with Crippen LogP contribution in [0.4, 0.5) is 0 Å². The van der Waals surface area contributed by atoms with Gasteiger partial charge in [0.2, 0.25) is 5.91 Å². The first-order valence-corrected chi connectivity index (χ1v) is 20.8. The maximum atomic E-state index is 15.5. The van der Waals surface area contributed by atoms with Gasteiger partial charge in [-0.2, -0.15) is 0 Å². The van der Waals surface area contributed by atoms with Crippen molar-refractivity contribution in [3.05, 3.63) is 54.5 Å². The molecule has 8 rings (SSSR count). The predicted molar refractivity (Wildman–Crippen MR) is 207 cm³/mol. The molecular formula is C46H65N3O3. The van der Waals surface area contributed by atoms with Crippen molar-refractivity contribution in [2.75, 3.05) is 6.54 Å². The average molecular weight is 708 g/mol. The third kappa shape index (κ3) is 4.96. The second-order valence-electron chi connectivity index (χ2n) is 19.9. The summed E-state index contributed by atoms with van der Waals surface area (Å²) in [6.45, 7) is 22.0. The molecule has 6 aliphatic rings. The summed E-state index contributed by atoms with van der Waals surface area (Å²) in [4.78, 5) is 35.2. The fourth-order valence-electron chi connectivity index (χ4n) is 15.0. The number of hydrogen-bond donors (Lipinski definition) is 0. The molecule has 1 amide bonds. The molecular weight excluding hydrogens is 643 g/mol. The molecule has 6 nitrogen and oxygen atoms in total. The lowest BCUT2D eigenvalue weighted by Crippen LogP contribution is -2.67. The number of hydrogen-bond acceptors (Lipinski definition) is 4. The van der Waals surface area contributed by atoms with Crippen molar-refractivity contribution >= 4 is 11.9 Å². The van der Waals surface area contributed by atoms with E-state index in [0.29, 0.717) is 35.5 Å². The lowest BCUT2D eigenvalue weighted by Gasteiger charge is -2.73. The summed E-state index contributed by atoms with van der Waals surface area (Å²) in [6.07, 6.45) is 15.3. The molecule has 2 aromatic rings. The van der Waals surface area contributed by atoms with Crippen LogP contribution in [0, 0.1) is 56.7 Å². The minimum absolute atomic E-state index is 0.000542. The zero-order valence-corrected chi connectivity index (χ0v) is 33.5. The Labute approximate surface area is 313 Å². The number of aromatic nitrogens is 2. The molecule has 0 unspecified atom stereocenters. The topological polar surface area (TPSA) is 64.4 Å². The van der Waals surface area contributed by atoms with Gasteiger partial charge in [-0.25, -0.2) is 4.98 Å². The van der Waals surface area contributed by atoms with E-state index in [1.165, 1.54) is 31.3 Å².